The molecule has 0 amide bonds. The third-order valence-electron chi connectivity index (χ3n) is 3.18. The van der Waals surface area contributed by atoms with Crippen molar-refractivity contribution in [3.63, 3.8) is 0 Å². The molecule has 1 saturated carbocycles. The Bertz CT molecular complexity index is 307. The molecule has 0 aromatic carbocycles. The molecule has 1 fully saturated rings. The molecule has 84 valence electrons. The Balaban J connectivity index is 1.69. The Kier molecular flexibility index (Phi) is 3.38. The average Bonchev–Trinajstić information content (AvgIpc) is 2.77. The lowest BCUT2D eigenvalue weighted by atomic mass is 10.2. The Labute approximate surface area is 90.9 Å². The van der Waals surface area contributed by atoms with Crippen LogP contribution in [0.25, 0.3) is 0 Å². The predicted octanol–water partition coefficient (Wildman–Crippen LogP) is 0.432. The van der Waals surface area contributed by atoms with Crippen LogP contribution in [0.15, 0.2) is 12.4 Å². The molecule has 2 atom stereocenters. The van der Waals surface area contributed by atoms with E-state index in [9.17, 15) is 0 Å². The number of nitrogens with zero attached hydrogens (tertiary/aromatic N) is 2. The predicted molar refractivity (Wildman–Crippen MR) is 60.5 cm³/mol. The van der Waals surface area contributed by atoms with Gasteiger partial charge in [0.2, 0.25) is 0 Å². The molecule has 0 radical (unpaired) electrons. The fourth-order valence-corrected chi connectivity index (χ4v) is 2.23. The molecule has 1 heterocycles. The molecular weight excluding hydrogens is 188 g/mol. The molecule has 15 heavy (non-hydrogen) atoms. The molecule has 1 aliphatic rings. The monoisotopic (exact) mass is 208 g/mol. The van der Waals surface area contributed by atoms with E-state index < -0.39 is 0 Å². The normalized spacial score (nSPS) is 26.0. The molecule has 2 unspecified atom stereocenters. The first-order chi connectivity index (χ1) is 7.25. The van der Waals surface area contributed by atoms with Crippen LogP contribution in [0.2, 0.25) is 0 Å². The van der Waals surface area contributed by atoms with Crippen LogP contribution in [-0.2, 0) is 13.5 Å². The summed E-state index contributed by atoms with van der Waals surface area (Å²) in [5.41, 5.74) is 5.86. The second kappa shape index (κ2) is 4.77. The number of hydrogen-bond acceptors (Lipinski definition) is 3. The SMILES string of the molecule is Cn1ccnc1CCNC1CCC(N)C1. The highest BCUT2D eigenvalue weighted by atomic mass is 15.0. The molecule has 1 aromatic rings. The van der Waals surface area contributed by atoms with Gasteiger partial charge >= 0.3 is 0 Å². The highest BCUT2D eigenvalue weighted by Crippen LogP contribution is 2.16. The number of rotatable bonds is 4. The Morgan fingerprint density at radius 3 is 3.07 bits per heavy atom. The maximum Gasteiger partial charge on any atom is 0.109 e. The fraction of sp³-hybridized carbons (Fsp3) is 0.727. The first kappa shape index (κ1) is 10.6. The van der Waals surface area contributed by atoms with E-state index in [1.165, 1.54) is 12.8 Å². The smallest absolute Gasteiger partial charge is 0.109 e. The van der Waals surface area contributed by atoms with Gasteiger partial charge in [-0.05, 0) is 19.3 Å². The number of nitrogens with two attached hydrogens (primary N) is 1. The van der Waals surface area contributed by atoms with E-state index in [0.717, 1.165) is 25.2 Å². The third-order valence-corrected chi connectivity index (χ3v) is 3.18. The molecule has 3 N–H and O–H groups in total. The molecule has 0 aliphatic heterocycles. The molecule has 4 heteroatoms. The topological polar surface area (TPSA) is 55.9 Å². The van der Waals surface area contributed by atoms with Gasteiger partial charge < -0.3 is 15.6 Å². The quantitative estimate of drug-likeness (QED) is 0.754. The van der Waals surface area contributed by atoms with E-state index in [2.05, 4.69) is 14.9 Å². The lowest BCUT2D eigenvalue weighted by Gasteiger charge is -2.11. The lowest BCUT2D eigenvalue weighted by molar-refractivity contribution is 0.514. The Morgan fingerprint density at radius 2 is 2.47 bits per heavy atom. The number of aryl methyl sites for hydroxylation is 1. The van der Waals surface area contributed by atoms with E-state index in [-0.39, 0.29) is 0 Å². The van der Waals surface area contributed by atoms with Gasteiger partial charge in [-0.1, -0.05) is 0 Å². The summed E-state index contributed by atoms with van der Waals surface area (Å²) in [7, 11) is 2.04. The third kappa shape index (κ3) is 2.79. The minimum atomic E-state index is 0.413. The van der Waals surface area contributed by atoms with Gasteiger partial charge in [-0.15, -0.1) is 0 Å². The first-order valence-electron chi connectivity index (χ1n) is 5.71. The summed E-state index contributed by atoms with van der Waals surface area (Å²) in [6.07, 6.45) is 8.35. The Morgan fingerprint density at radius 1 is 1.60 bits per heavy atom. The second-order valence-corrected chi connectivity index (χ2v) is 4.43. The van der Waals surface area contributed by atoms with Crippen LogP contribution in [0.1, 0.15) is 25.1 Å². The van der Waals surface area contributed by atoms with Crippen molar-refractivity contribution >= 4 is 0 Å². The van der Waals surface area contributed by atoms with Crippen LogP contribution in [0.4, 0.5) is 0 Å². The van der Waals surface area contributed by atoms with Gasteiger partial charge in [-0.2, -0.15) is 0 Å². The van der Waals surface area contributed by atoms with E-state index in [0.29, 0.717) is 12.1 Å². The standard InChI is InChI=1S/C11H20N4/c1-15-7-6-14-11(15)4-5-13-10-3-2-9(12)8-10/h6-7,9-10,13H,2-5,8,12H2,1H3. The van der Waals surface area contributed by atoms with Gasteiger partial charge in [0.15, 0.2) is 0 Å². The van der Waals surface area contributed by atoms with Crippen LogP contribution in [0.5, 0.6) is 0 Å². The summed E-state index contributed by atoms with van der Waals surface area (Å²) in [6.45, 7) is 1.00. The summed E-state index contributed by atoms with van der Waals surface area (Å²) in [4.78, 5) is 4.29. The van der Waals surface area contributed by atoms with Gasteiger partial charge in [-0.3, -0.25) is 0 Å². The minimum absolute atomic E-state index is 0.413. The van der Waals surface area contributed by atoms with Gasteiger partial charge in [0, 0.05) is 44.5 Å². The van der Waals surface area contributed by atoms with Crippen molar-refractivity contribution in [2.75, 3.05) is 6.54 Å². The molecular formula is C11H20N4. The number of hydrogen-bond donors (Lipinski definition) is 2. The molecule has 0 spiro atoms. The summed E-state index contributed by atoms with van der Waals surface area (Å²) in [5, 5.41) is 3.54. The molecule has 1 aliphatic carbocycles. The highest BCUT2D eigenvalue weighted by molar-refractivity contribution is 4.92. The zero-order chi connectivity index (χ0) is 10.7. The van der Waals surface area contributed by atoms with E-state index in [4.69, 9.17) is 5.73 Å². The zero-order valence-electron chi connectivity index (χ0n) is 9.32. The molecule has 0 saturated heterocycles. The highest BCUT2D eigenvalue weighted by Gasteiger charge is 2.20. The number of imidazole rings is 1. The van der Waals surface area contributed by atoms with Crippen LogP contribution in [-0.4, -0.2) is 28.2 Å². The summed E-state index contributed by atoms with van der Waals surface area (Å²) in [5.74, 6) is 1.14. The minimum Gasteiger partial charge on any atom is -0.338 e. The van der Waals surface area contributed by atoms with Gasteiger partial charge in [0.1, 0.15) is 5.82 Å². The zero-order valence-corrected chi connectivity index (χ0v) is 9.32. The maximum absolute atomic E-state index is 5.86. The van der Waals surface area contributed by atoms with Crippen molar-refractivity contribution in [2.24, 2.45) is 12.8 Å². The summed E-state index contributed by atoms with van der Waals surface area (Å²) >= 11 is 0. The van der Waals surface area contributed by atoms with E-state index in [1.807, 2.05) is 19.4 Å². The van der Waals surface area contributed by atoms with Gasteiger partial charge in [-0.25, -0.2) is 4.98 Å². The first-order valence-corrected chi connectivity index (χ1v) is 5.71. The molecule has 1 aromatic heterocycles. The second-order valence-electron chi connectivity index (χ2n) is 4.43. The number of nitrogens with one attached hydrogen (secondary N) is 1. The van der Waals surface area contributed by atoms with Crippen LogP contribution in [0, 0.1) is 0 Å². The van der Waals surface area contributed by atoms with Crippen LogP contribution in [0.3, 0.4) is 0 Å². The summed E-state index contributed by atoms with van der Waals surface area (Å²) in [6, 6.07) is 1.04. The summed E-state index contributed by atoms with van der Waals surface area (Å²) < 4.78 is 2.07. The number of aromatic nitrogens is 2. The molecule has 0 bridgehead atoms. The van der Waals surface area contributed by atoms with Crippen molar-refractivity contribution in [3.05, 3.63) is 18.2 Å². The average molecular weight is 208 g/mol. The van der Waals surface area contributed by atoms with Crippen LogP contribution < -0.4 is 11.1 Å². The van der Waals surface area contributed by atoms with Crippen molar-refractivity contribution < 1.29 is 0 Å². The molecule has 4 nitrogen and oxygen atoms in total. The van der Waals surface area contributed by atoms with Crippen molar-refractivity contribution in [3.8, 4) is 0 Å². The molecule has 2 rings (SSSR count). The lowest BCUT2D eigenvalue weighted by Crippen LogP contribution is -2.30. The maximum atomic E-state index is 5.86. The fourth-order valence-electron chi connectivity index (χ4n) is 2.23. The van der Waals surface area contributed by atoms with Crippen molar-refractivity contribution in [2.45, 2.75) is 37.8 Å². The Hall–Kier alpha value is -0.870. The van der Waals surface area contributed by atoms with Gasteiger partial charge in [0.25, 0.3) is 0 Å². The van der Waals surface area contributed by atoms with E-state index >= 15 is 0 Å². The van der Waals surface area contributed by atoms with Gasteiger partial charge in [0.05, 0.1) is 0 Å². The van der Waals surface area contributed by atoms with Crippen molar-refractivity contribution in [1.82, 2.24) is 14.9 Å². The van der Waals surface area contributed by atoms with Crippen molar-refractivity contribution in [1.29, 1.82) is 0 Å². The van der Waals surface area contributed by atoms with Crippen LogP contribution >= 0.6 is 0 Å². The van der Waals surface area contributed by atoms with E-state index in [1.54, 1.807) is 0 Å². The largest absolute Gasteiger partial charge is 0.338 e.